The van der Waals surface area contributed by atoms with Crippen LogP contribution in [0, 0.1) is 47.3 Å². The van der Waals surface area contributed by atoms with Crippen LogP contribution in [0.2, 0.25) is 0 Å². The lowest BCUT2D eigenvalue weighted by molar-refractivity contribution is -0.215. The summed E-state index contributed by atoms with van der Waals surface area (Å²) in [6, 6.07) is 0. The Kier molecular flexibility index (Phi) is 7.20. The SMILES string of the molecule is C1CC2CC(C1)CC(C1OCCCC(C3C4CCCC(C4)CC3C3OC4CCCCC4O3)CO1)C2. The monoisotopic (exact) mass is 486 g/mol. The van der Waals surface area contributed by atoms with Gasteiger partial charge in [0.25, 0.3) is 0 Å². The zero-order valence-electron chi connectivity index (χ0n) is 22.0. The van der Waals surface area contributed by atoms with Crippen LogP contribution in [0.4, 0.5) is 0 Å². The molecule has 0 aromatic rings. The lowest BCUT2D eigenvalue weighted by Crippen LogP contribution is -2.47. The number of rotatable bonds is 3. The molecule has 7 aliphatic rings. The largest absolute Gasteiger partial charge is 0.352 e. The van der Waals surface area contributed by atoms with E-state index in [0.717, 1.165) is 36.9 Å². The minimum absolute atomic E-state index is 0.0456. The molecule has 0 N–H and O–H groups in total. The van der Waals surface area contributed by atoms with Gasteiger partial charge in [-0.2, -0.15) is 0 Å². The fourth-order valence-electron chi connectivity index (χ4n) is 10.2. The molecule has 4 nitrogen and oxygen atoms in total. The first-order valence-corrected chi connectivity index (χ1v) is 15.8. The van der Waals surface area contributed by atoms with Crippen LogP contribution in [0.3, 0.4) is 0 Å². The average molecular weight is 487 g/mol. The third-order valence-electron chi connectivity index (χ3n) is 11.6. The fraction of sp³-hybridized carbons (Fsp3) is 1.00. The number of fused-ring (bicyclic) bond motifs is 5. The van der Waals surface area contributed by atoms with Gasteiger partial charge in [0.1, 0.15) is 0 Å². The van der Waals surface area contributed by atoms with Crippen molar-refractivity contribution in [2.24, 2.45) is 47.3 Å². The first kappa shape index (κ1) is 23.9. The Morgan fingerprint density at radius 2 is 1.11 bits per heavy atom. The fourth-order valence-corrected chi connectivity index (χ4v) is 10.2. The van der Waals surface area contributed by atoms with E-state index < -0.39 is 0 Å². The highest BCUT2D eigenvalue weighted by Crippen LogP contribution is 2.53. The van der Waals surface area contributed by atoms with E-state index in [9.17, 15) is 0 Å². The van der Waals surface area contributed by atoms with Crippen LogP contribution >= 0.6 is 0 Å². The van der Waals surface area contributed by atoms with Crippen molar-refractivity contribution in [3.8, 4) is 0 Å². The van der Waals surface area contributed by atoms with Crippen molar-refractivity contribution in [3.05, 3.63) is 0 Å². The summed E-state index contributed by atoms with van der Waals surface area (Å²) < 4.78 is 26.7. The molecule has 7 fully saturated rings. The Morgan fingerprint density at radius 3 is 1.89 bits per heavy atom. The number of hydrogen-bond donors (Lipinski definition) is 0. The lowest BCUT2D eigenvalue weighted by atomic mass is 9.58. The molecule has 10 unspecified atom stereocenters. The zero-order valence-corrected chi connectivity index (χ0v) is 22.0. The summed E-state index contributed by atoms with van der Waals surface area (Å²) >= 11 is 0. The molecule has 0 aromatic heterocycles. The van der Waals surface area contributed by atoms with Crippen LogP contribution in [0.25, 0.3) is 0 Å². The van der Waals surface area contributed by atoms with Gasteiger partial charge in [-0.1, -0.05) is 51.4 Å². The molecule has 10 atom stereocenters. The Hall–Kier alpha value is -0.160. The summed E-state index contributed by atoms with van der Waals surface area (Å²) in [4.78, 5) is 0. The molecule has 0 radical (unpaired) electrons. The predicted octanol–water partition coefficient (Wildman–Crippen LogP) is 7.10. The number of hydrogen-bond acceptors (Lipinski definition) is 4. The van der Waals surface area contributed by atoms with Gasteiger partial charge in [0.05, 0.1) is 18.8 Å². The second-order valence-electron chi connectivity index (χ2n) is 13.9. The Balaban J connectivity index is 1.06. The molecule has 4 bridgehead atoms. The smallest absolute Gasteiger partial charge is 0.161 e. The van der Waals surface area contributed by atoms with Gasteiger partial charge in [0, 0.05) is 18.4 Å². The van der Waals surface area contributed by atoms with E-state index in [0.29, 0.717) is 35.9 Å². The normalized spacial score (nSPS) is 52.8. The second-order valence-corrected chi connectivity index (χ2v) is 13.9. The van der Waals surface area contributed by atoms with Crippen molar-refractivity contribution >= 4 is 0 Å². The van der Waals surface area contributed by atoms with E-state index in [1.165, 1.54) is 109 Å². The van der Waals surface area contributed by atoms with Crippen molar-refractivity contribution in [1.82, 2.24) is 0 Å². The average Bonchev–Trinajstić information content (AvgIpc) is 3.29. The molecule has 2 heterocycles. The molecule has 35 heavy (non-hydrogen) atoms. The molecule has 0 amide bonds. The molecule has 7 rings (SSSR count). The van der Waals surface area contributed by atoms with Crippen LogP contribution in [-0.2, 0) is 18.9 Å². The Morgan fingerprint density at radius 1 is 0.457 bits per heavy atom. The minimum Gasteiger partial charge on any atom is -0.352 e. The molecular weight excluding hydrogens is 436 g/mol. The van der Waals surface area contributed by atoms with E-state index in [1.54, 1.807) is 0 Å². The van der Waals surface area contributed by atoms with Gasteiger partial charge in [0.15, 0.2) is 12.6 Å². The van der Waals surface area contributed by atoms with E-state index in [2.05, 4.69) is 0 Å². The topological polar surface area (TPSA) is 36.9 Å². The molecule has 198 valence electrons. The highest BCUT2D eigenvalue weighted by molar-refractivity contribution is 4.96. The second kappa shape index (κ2) is 10.5. The molecule has 2 saturated heterocycles. The highest BCUT2D eigenvalue weighted by Gasteiger charge is 2.51. The molecule has 0 spiro atoms. The van der Waals surface area contributed by atoms with E-state index >= 15 is 0 Å². The zero-order chi connectivity index (χ0) is 23.2. The Bertz CT molecular complexity index is 686. The third kappa shape index (κ3) is 5.00. The number of ether oxygens (including phenoxy) is 4. The molecular formula is C31H50O4. The molecule has 4 heteroatoms. The standard InChI is InChI=1S/C31H50O4/c1-2-12-28-27(11-1)34-31(35-28)26-18-22-8-4-9-23(15-22)29(26)24-10-5-13-32-30(33-19-24)25-16-20-6-3-7-21(14-20)17-25/h20-31H,1-19H2. The quantitative estimate of drug-likeness (QED) is 0.426. The first-order chi connectivity index (χ1) is 17.3. The van der Waals surface area contributed by atoms with Gasteiger partial charge < -0.3 is 18.9 Å². The van der Waals surface area contributed by atoms with Crippen molar-refractivity contribution in [1.29, 1.82) is 0 Å². The van der Waals surface area contributed by atoms with Crippen LogP contribution in [-0.4, -0.2) is 38.0 Å². The maximum atomic E-state index is 6.79. The highest BCUT2D eigenvalue weighted by atomic mass is 16.7. The van der Waals surface area contributed by atoms with E-state index in [1.807, 2.05) is 0 Å². The van der Waals surface area contributed by atoms with E-state index in [4.69, 9.17) is 18.9 Å². The third-order valence-corrected chi connectivity index (χ3v) is 11.6. The van der Waals surface area contributed by atoms with E-state index in [-0.39, 0.29) is 12.6 Å². The molecule has 5 saturated carbocycles. The van der Waals surface area contributed by atoms with Gasteiger partial charge >= 0.3 is 0 Å². The van der Waals surface area contributed by atoms with Crippen molar-refractivity contribution in [2.75, 3.05) is 13.2 Å². The van der Waals surface area contributed by atoms with Gasteiger partial charge in [-0.25, -0.2) is 0 Å². The molecule has 0 aromatic carbocycles. The summed E-state index contributed by atoms with van der Waals surface area (Å²) in [6.07, 6.45) is 23.9. The summed E-state index contributed by atoms with van der Waals surface area (Å²) in [7, 11) is 0. The first-order valence-electron chi connectivity index (χ1n) is 15.8. The Labute approximate surface area is 213 Å². The summed E-state index contributed by atoms with van der Waals surface area (Å²) in [6.45, 7) is 1.79. The molecule has 2 aliphatic heterocycles. The van der Waals surface area contributed by atoms with Crippen LogP contribution in [0.15, 0.2) is 0 Å². The lowest BCUT2D eigenvalue weighted by Gasteiger charge is -2.50. The maximum Gasteiger partial charge on any atom is 0.161 e. The van der Waals surface area contributed by atoms with Crippen molar-refractivity contribution in [3.63, 3.8) is 0 Å². The predicted molar refractivity (Wildman–Crippen MR) is 136 cm³/mol. The summed E-state index contributed by atoms with van der Waals surface area (Å²) in [5.74, 6) is 6.18. The van der Waals surface area contributed by atoms with Crippen molar-refractivity contribution < 1.29 is 18.9 Å². The van der Waals surface area contributed by atoms with Gasteiger partial charge in [-0.05, 0) is 93.3 Å². The van der Waals surface area contributed by atoms with Crippen LogP contribution in [0.5, 0.6) is 0 Å². The summed E-state index contributed by atoms with van der Waals surface area (Å²) in [5, 5.41) is 0. The minimum atomic E-state index is 0.0456. The summed E-state index contributed by atoms with van der Waals surface area (Å²) in [5.41, 5.74) is 0. The molecule has 5 aliphatic carbocycles. The van der Waals surface area contributed by atoms with Crippen LogP contribution < -0.4 is 0 Å². The van der Waals surface area contributed by atoms with Gasteiger partial charge in [-0.15, -0.1) is 0 Å². The van der Waals surface area contributed by atoms with Crippen molar-refractivity contribution in [2.45, 2.75) is 134 Å². The van der Waals surface area contributed by atoms with Gasteiger partial charge in [-0.3, -0.25) is 0 Å². The van der Waals surface area contributed by atoms with Gasteiger partial charge in [0.2, 0.25) is 0 Å². The maximum absolute atomic E-state index is 6.79. The van der Waals surface area contributed by atoms with Crippen LogP contribution in [0.1, 0.15) is 109 Å².